The van der Waals surface area contributed by atoms with Crippen LogP contribution in [-0.2, 0) is 6.42 Å². The maximum atomic E-state index is 6.32. The number of rotatable bonds is 4. The second-order valence-corrected chi connectivity index (χ2v) is 4.98. The van der Waals surface area contributed by atoms with Crippen LogP contribution in [0.4, 0.5) is 0 Å². The third-order valence-corrected chi connectivity index (χ3v) is 3.41. The SMILES string of the molecule is COc1c(C)cc(C(N)Cc2ccccc2)cc1C. The normalized spacial score (nSPS) is 12.2. The molecule has 2 nitrogen and oxygen atoms in total. The molecule has 0 amide bonds. The minimum absolute atomic E-state index is 0.0192. The van der Waals surface area contributed by atoms with Gasteiger partial charge >= 0.3 is 0 Å². The molecule has 0 spiro atoms. The van der Waals surface area contributed by atoms with E-state index in [1.54, 1.807) is 7.11 Å². The lowest BCUT2D eigenvalue weighted by molar-refractivity contribution is 0.408. The van der Waals surface area contributed by atoms with Gasteiger partial charge in [-0.15, -0.1) is 0 Å². The van der Waals surface area contributed by atoms with E-state index < -0.39 is 0 Å². The lowest BCUT2D eigenvalue weighted by Gasteiger charge is -2.16. The monoisotopic (exact) mass is 255 g/mol. The van der Waals surface area contributed by atoms with Gasteiger partial charge in [0.15, 0.2) is 0 Å². The average molecular weight is 255 g/mol. The molecule has 2 N–H and O–H groups in total. The van der Waals surface area contributed by atoms with E-state index in [1.165, 1.54) is 11.1 Å². The molecule has 0 aliphatic rings. The molecule has 19 heavy (non-hydrogen) atoms. The Morgan fingerprint density at radius 1 is 1.05 bits per heavy atom. The average Bonchev–Trinajstić information content (AvgIpc) is 2.39. The Morgan fingerprint density at radius 3 is 2.16 bits per heavy atom. The Kier molecular flexibility index (Phi) is 4.23. The summed E-state index contributed by atoms with van der Waals surface area (Å²) < 4.78 is 5.39. The standard InChI is InChI=1S/C17H21NO/c1-12-9-15(10-13(2)17(12)19-3)16(18)11-14-7-5-4-6-8-14/h4-10,16H,11,18H2,1-3H3. The minimum atomic E-state index is 0.0192. The molecule has 0 saturated heterocycles. The first-order valence-corrected chi connectivity index (χ1v) is 6.56. The lowest BCUT2D eigenvalue weighted by atomic mass is 9.96. The molecule has 2 heteroatoms. The minimum Gasteiger partial charge on any atom is -0.496 e. The van der Waals surface area contributed by atoms with E-state index in [-0.39, 0.29) is 6.04 Å². The predicted molar refractivity (Wildman–Crippen MR) is 79.5 cm³/mol. The van der Waals surface area contributed by atoms with Crippen molar-refractivity contribution in [3.05, 3.63) is 64.7 Å². The highest BCUT2D eigenvalue weighted by Crippen LogP contribution is 2.27. The van der Waals surface area contributed by atoms with Crippen LogP contribution in [0.3, 0.4) is 0 Å². The number of methoxy groups -OCH3 is 1. The van der Waals surface area contributed by atoms with E-state index in [9.17, 15) is 0 Å². The van der Waals surface area contributed by atoms with Crippen LogP contribution in [0.15, 0.2) is 42.5 Å². The molecule has 0 heterocycles. The third-order valence-electron chi connectivity index (χ3n) is 3.41. The van der Waals surface area contributed by atoms with Gasteiger partial charge in [0, 0.05) is 6.04 Å². The van der Waals surface area contributed by atoms with Gasteiger partial charge in [0.1, 0.15) is 5.75 Å². The van der Waals surface area contributed by atoms with Crippen molar-refractivity contribution in [1.29, 1.82) is 0 Å². The van der Waals surface area contributed by atoms with E-state index >= 15 is 0 Å². The number of ether oxygens (including phenoxy) is 1. The van der Waals surface area contributed by atoms with Gasteiger partial charge in [-0.1, -0.05) is 42.5 Å². The molecule has 0 aliphatic heterocycles. The zero-order valence-electron chi connectivity index (χ0n) is 11.8. The number of hydrogen-bond donors (Lipinski definition) is 1. The number of hydrogen-bond acceptors (Lipinski definition) is 2. The zero-order valence-corrected chi connectivity index (χ0v) is 11.8. The molecule has 0 bridgehead atoms. The summed E-state index contributed by atoms with van der Waals surface area (Å²) in [6, 6.07) is 14.6. The summed E-state index contributed by atoms with van der Waals surface area (Å²) in [6.07, 6.45) is 0.853. The fourth-order valence-corrected chi connectivity index (χ4v) is 2.51. The van der Waals surface area contributed by atoms with E-state index in [0.29, 0.717) is 0 Å². The van der Waals surface area contributed by atoms with E-state index in [4.69, 9.17) is 10.5 Å². The molecule has 2 rings (SSSR count). The Balaban J connectivity index is 2.22. The molecule has 1 unspecified atom stereocenters. The molecule has 100 valence electrons. The van der Waals surface area contributed by atoms with Crippen LogP contribution in [0, 0.1) is 13.8 Å². The Morgan fingerprint density at radius 2 is 1.63 bits per heavy atom. The Labute approximate surface area is 115 Å². The highest BCUT2D eigenvalue weighted by Gasteiger charge is 2.11. The zero-order chi connectivity index (χ0) is 13.8. The predicted octanol–water partition coefficient (Wildman–Crippen LogP) is 3.55. The molecule has 2 aromatic rings. The van der Waals surface area contributed by atoms with Crippen molar-refractivity contribution in [1.82, 2.24) is 0 Å². The molecule has 0 aromatic heterocycles. The van der Waals surface area contributed by atoms with Crippen molar-refractivity contribution in [3.63, 3.8) is 0 Å². The summed E-state index contributed by atoms with van der Waals surface area (Å²) in [7, 11) is 1.71. The van der Waals surface area contributed by atoms with Gasteiger partial charge in [-0.05, 0) is 42.5 Å². The molecular weight excluding hydrogens is 234 g/mol. The third kappa shape index (κ3) is 3.15. The van der Waals surface area contributed by atoms with Crippen molar-refractivity contribution in [2.75, 3.05) is 7.11 Å². The summed E-state index contributed by atoms with van der Waals surface area (Å²) in [5.74, 6) is 0.954. The second kappa shape index (κ2) is 5.89. The number of nitrogens with two attached hydrogens (primary N) is 1. The van der Waals surface area contributed by atoms with Crippen LogP contribution in [-0.4, -0.2) is 7.11 Å². The smallest absolute Gasteiger partial charge is 0.124 e. The first kappa shape index (κ1) is 13.6. The van der Waals surface area contributed by atoms with Gasteiger partial charge in [-0.3, -0.25) is 0 Å². The highest BCUT2D eigenvalue weighted by atomic mass is 16.5. The van der Waals surface area contributed by atoms with Gasteiger partial charge in [-0.25, -0.2) is 0 Å². The van der Waals surface area contributed by atoms with Crippen molar-refractivity contribution >= 4 is 0 Å². The molecule has 0 fully saturated rings. The van der Waals surface area contributed by atoms with Crippen LogP contribution >= 0.6 is 0 Å². The first-order chi connectivity index (χ1) is 9.11. The Hall–Kier alpha value is -1.80. The van der Waals surface area contributed by atoms with E-state index in [0.717, 1.165) is 23.3 Å². The van der Waals surface area contributed by atoms with Gasteiger partial charge in [-0.2, -0.15) is 0 Å². The lowest BCUT2D eigenvalue weighted by Crippen LogP contribution is -2.14. The number of benzene rings is 2. The largest absolute Gasteiger partial charge is 0.496 e. The molecule has 0 radical (unpaired) electrons. The van der Waals surface area contributed by atoms with Gasteiger partial charge in [0.2, 0.25) is 0 Å². The van der Waals surface area contributed by atoms with E-state index in [1.807, 2.05) is 18.2 Å². The highest BCUT2D eigenvalue weighted by molar-refractivity contribution is 5.44. The molecule has 0 aliphatic carbocycles. The van der Waals surface area contributed by atoms with Crippen LogP contribution in [0.1, 0.15) is 28.3 Å². The maximum absolute atomic E-state index is 6.32. The second-order valence-electron chi connectivity index (χ2n) is 4.98. The van der Waals surface area contributed by atoms with Crippen molar-refractivity contribution in [3.8, 4) is 5.75 Å². The summed E-state index contributed by atoms with van der Waals surface area (Å²) in [6.45, 7) is 4.12. The molecule has 1 atom stereocenters. The summed E-state index contributed by atoms with van der Waals surface area (Å²) in [5.41, 5.74) is 11.0. The van der Waals surface area contributed by atoms with Crippen LogP contribution in [0.2, 0.25) is 0 Å². The Bertz CT molecular complexity index is 525. The van der Waals surface area contributed by atoms with Crippen LogP contribution in [0.5, 0.6) is 5.75 Å². The van der Waals surface area contributed by atoms with Crippen LogP contribution in [0.25, 0.3) is 0 Å². The van der Waals surface area contributed by atoms with Crippen molar-refractivity contribution < 1.29 is 4.74 Å². The maximum Gasteiger partial charge on any atom is 0.124 e. The van der Waals surface area contributed by atoms with Crippen molar-refractivity contribution in [2.45, 2.75) is 26.3 Å². The van der Waals surface area contributed by atoms with E-state index in [2.05, 4.69) is 38.1 Å². The molecule has 2 aromatic carbocycles. The summed E-state index contributed by atoms with van der Waals surface area (Å²) in [4.78, 5) is 0. The molecular formula is C17H21NO. The topological polar surface area (TPSA) is 35.2 Å². The first-order valence-electron chi connectivity index (χ1n) is 6.56. The summed E-state index contributed by atoms with van der Waals surface area (Å²) in [5, 5.41) is 0. The van der Waals surface area contributed by atoms with Gasteiger partial charge in [0.25, 0.3) is 0 Å². The van der Waals surface area contributed by atoms with Gasteiger partial charge < -0.3 is 10.5 Å². The molecule has 0 saturated carbocycles. The van der Waals surface area contributed by atoms with Crippen molar-refractivity contribution in [2.24, 2.45) is 5.73 Å². The fourth-order valence-electron chi connectivity index (χ4n) is 2.51. The van der Waals surface area contributed by atoms with Crippen LogP contribution < -0.4 is 10.5 Å². The van der Waals surface area contributed by atoms with Gasteiger partial charge in [0.05, 0.1) is 7.11 Å². The summed E-state index contributed by atoms with van der Waals surface area (Å²) >= 11 is 0. The number of aryl methyl sites for hydroxylation is 2. The fraction of sp³-hybridized carbons (Fsp3) is 0.294. The quantitative estimate of drug-likeness (QED) is 0.906.